The third-order valence-corrected chi connectivity index (χ3v) is 6.37. The molecule has 0 fully saturated rings. The minimum Gasteiger partial charge on any atom is -0.489 e. The number of rotatable bonds is 10. The summed E-state index contributed by atoms with van der Waals surface area (Å²) in [7, 11) is 0. The average Bonchev–Trinajstić information content (AvgIpc) is 3.38. The van der Waals surface area contributed by atoms with Crippen molar-refractivity contribution in [1.29, 1.82) is 0 Å². The molecule has 2 unspecified atom stereocenters. The highest BCUT2D eigenvalue weighted by atomic mass is 32.1. The van der Waals surface area contributed by atoms with Crippen molar-refractivity contribution in [3.8, 4) is 5.75 Å². The number of carbonyl (C=O) groups excluding carboxylic acids is 2. The number of nitrogens with one attached hydrogen (secondary N) is 1. The second kappa shape index (κ2) is 11.4. The van der Waals surface area contributed by atoms with Gasteiger partial charge in [-0.25, -0.2) is 4.98 Å². The van der Waals surface area contributed by atoms with Crippen LogP contribution in [0.15, 0.2) is 90.3 Å². The number of amides is 2. The van der Waals surface area contributed by atoms with Gasteiger partial charge in [0.25, 0.3) is 5.91 Å². The molecule has 3 aromatic carbocycles. The normalized spacial score (nSPS) is 12.5. The number of thiazole rings is 1. The summed E-state index contributed by atoms with van der Waals surface area (Å²) in [5.74, 6) is -0.345. The van der Waals surface area contributed by atoms with Gasteiger partial charge in [0.2, 0.25) is 5.91 Å². The van der Waals surface area contributed by atoms with E-state index in [1.165, 1.54) is 11.3 Å². The molecule has 0 saturated carbocycles. The maximum atomic E-state index is 12.7. The lowest BCUT2D eigenvalue weighted by Gasteiger charge is -2.15. The van der Waals surface area contributed by atoms with Gasteiger partial charge in [-0.15, -0.1) is 11.3 Å². The predicted molar refractivity (Wildman–Crippen MR) is 136 cm³/mol. The molecule has 0 bridgehead atoms. The molecule has 2 amide bonds. The molecule has 0 spiro atoms. The summed E-state index contributed by atoms with van der Waals surface area (Å²) in [6, 6.07) is 25.3. The molecule has 0 saturated heterocycles. The number of carbonyl (C=O) groups is 2. The van der Waals surface area contributed by atoms with E-state index in [4.69, 9.17) is 16.2 Å². The van der Waals surface area contributed by atoms with Gasteiger partial charge in [0, 0.05) is 5.38 Å². The number of ether oxygens (including phenoxy) is 1. The van der Waals surface area contributed by atoms with Crippen LogP contribution in [0.3, 0.4) is 0 Å². The summed E-state index contributed by atoms with van der Waals surface area (Å²) in [5, 5.41) is 4.92. The Bertz CT molecular complexity index is 1260. The van der Waals surface area contributed by atoms with E-state index in [-0.39, 0.29) is 11.7 Å². The Balaban J connectivity index is 1.34. The molecular formula is C27H26N4O3S. The molecule has 4 rings (SSSR count). The summed E-state index contributed by atoms with van der Waals surface area (Å²) in [4.78, 5) is 29.0. The minimum absolute atomic E-state index is 0.201. The fourth-order valence-electron chi connectivity index (χ4n) is 3.54. The molecule has 5 N–H and O–H groups in total. The summed E-state index contributed by atoms with van der Waals surface area (Å²) in [6.07, 6.45) is 0.557. The molecule has 1 heterocycles. The first kappa shape index (κ1) is 24.1. The van der Waals surface area contributed by atoms with E-state index in [2.05, 4.69) is 10.3 Å². The van der Waals surface area contributed by atoms with Gasteiger partial charge in [-0.1, -0.05) is 72.8 Å². The fraction of sp³-hybridized carbons (Fsp3) is 0.148. The van der Waals surface area contributed by atoms with E-state index in [9.17, 15) is 9.59 Å². The molecular weight excluding hydrogens is 460 g/mol. The number of hydrogen-bond donors (Lipinski definition) is 3. The second-order valence-electron chi connectivity index (χ2n) is 8.02. The van der Waals surface area contributed by atoms with Gasteiger partial charge in [0.15, 0.2) is 0 Å². The fourth-order valence-corrected chi connectivity index (χ4v) is 4.34. The van der Waals surface area contributed by atoms with Crippen molar-refractivity contribution in [1.82, 2.24) is 10.3 Å². The van der Waals surface area contributed by atoms with Crippen LogP contribution in [0.2, 0.25) is 0 Å². The van der Waals surface area contributed by atoms with Crippen LogP contribution >= 0.6 is 11.3 Å². The number of nitrogens with two attached hydrogens (primary N) is 2. The van der Waals surface area contributed by atoms with Crippen LogP contribution in [-0.2, 0) is 17.8 Å². The molecule has 2 atom stereocenters. The van der Waals surface area contributed by atoms with E-state index in [0.29, 0.717) is 23.6 Å². The highest BCUT2D eigenvalue weighted by molar-refractivity contribution is 7.09. The number of aromatic nitrogens is 1. The highest BCUT2D eigenvalue weighted by Gasteiger charge is 2.23. The Morgan fingerprint density at radius 1 is 0.914 bits per heavy atom. The molecule has 178 valence electrons. The van der Waals surface area contributed by atoms with Gasteiger partial charge in [0.05, 0.1) is 6.04 Å². The Labute approximate surface area is 207 Å². The summed E-state index contributed by atoms with van der Waals surface area (Å²) >= 11 is 1.31. The Kier molecular flexibility index (Phi) is 7.87. The molecule has 35 heavy (non-hydrogen) atoms. The lowest BCUT2D eigenvalue weighted by Crippen LogP contribution is -2.37. The second-order valence-corrected chi connectivity index (χ2v) is 8.91. The van der Waals surface area contributed by atoms with E-state index in [1.54, 1.807) is 29.6 Å². The largest absolute Gasteiger partial charge is 0.489 e. The zero-order valence-electron chi connectivity index (χ0n) is 19.0. The lowest BCUT2D eigenvalue weighted by molar-refractivity contribution is -0.120. The van der Waals surface area contributed by atoms with Crippen LogP contribution in [0.4, 0.5) is 0 Å². The quantitative estimate of drug-likeness (QED) is 0.314. The smallest absolute Gasteiger partial charge is 0.271 e. The number of primary amides is 1. The van der Waals surface area contributed by atoms with Gasteiger partial charge in [-0.05, 0) is 35.2 Å². The lowest BCUT2D eigenvalue weighted by atomic mass is 10.1. The predicted octanol–water partition coefficient (Wildman–Crippen LogP) is 3.92. The standard InChI is InChI=1S/C27H26N4O3S/c28-22(15-18-11-13-21(14-12-18)34-16-19-7-3-1-4-8-19)27-30-23(17-35-27)26(33)31-24(25(29)32)20-9-5-2-6-10-20/h1-14,17,22,24H,15-16,28H2,(H2,29,32)(H,31,33). The molecule has 7 nitrogen and oxygen atoms in total. The first-order valence-corrected chi connectivity index (χ1v) is 12.0. The molecule has 4 aromatic rings. The van der Waals surface area contributed by atoms with Crippen molar-refractivity contribution >= 4 is 23.2 Å². The van der Waals surface area contributed by atoms with Crippen molar-refractivity contribution < 1.29 is 14.3 Å². The molecule has 1 aromatic heterocycles. The Morgan fingerprint density at radius 2 is 1.57 bits per heavy atom. The Morgan fingerprint density at radius 3 is 2.23 bits per heavy atom. The summed E-state index contributed by atoms with van der Waals surface area (Å²) in [5.41, 5.74) is 14.8. The zero-order valence-corrected chi connectivity index (χ0v) is 19.8. The van der Waals surface area contributed by atoms with Crippen molar-refractivity contribution in [3.05, 3.63) is 118 Å². The molecule has 0 aliphatic rings. The maximum Gasteiger partial charge on any atom is 0.271 e. The van der Waals surface area contributed by atoms with Crippen molar-refractivity contribution in [3.63, 3.8) is 0 Å². The minimum atomic E-state index is -0.940. The summed E-state index contributed by atoms with van der Waals surface area (Å²) < 4.78 is 5.83. The molecule has 0 aliphatic heterocycles. The van der Waals surface area contributed by atoms with Crippen LogP contribution < -0.4 is 21.5 Å². The average molecular weight is 487 g/mol. The number of hydrogen-bond acceptors (Lipinski definition) is 6. The molecule has 8 heteroatoms. The van der Waals surface area contributed by atoms with Crippen LogP contribution in [0, 0.1) is 0 Å². The molecule has 0 aliphatic carbocycles. The molecule has 0 radical (unpaired) electrons. The van der Waals surface area contributed by atoms with E-state index < -0.39 is 17.9 Å². The monoisotopic (exact) mass is 486 g/mol. The number of benzene rings is 3. The van der Waals surface area contributed by atoms with Gasteiger partial charge in [0.1, 0.15) is 29.1 Å². The van der Waals surface area contributed by atoms with Crippen molar-refractivity contribution in [2.24, 2.45) is 11.5 Å². The van der Waals surface area contributed by atoms with E-state index in [1.807, 2.05) is 60.7 Å². The Hall–Kier alpha value is -4.01. The first-order valence-electron chi connectivity index (χ1n) is 11.1. The highest BCUT2D eigenvalue weighted by Crippen LogP contribution is 2.23. The zero-order chi connectivity index (χ0) is 24.6. The van der Waals surface area contributed by atoms with Crippen LogP contribution in [0.25, 0.3) is 0 Å². The van der Waals surface area contributed by atoms with Crippen molar-refractivity contribution in [2.75, 3.05) is 0 Å². The first-order chi connectivity index (χ1) is 17.0. The van der Waals surface area contributed by atoms with E-state index >= 15 is 0 Å². The van der Waals surface area contributed by atoms with Crippen LogP contribution in [0.5, 0.6) is 5.75 Å². The van der Waals surface area contributed by atoms with Gasteiger partial charge in [-0.3, -0.25) is 9.59 Å². The van der Waals surface area contributed by atoms with Crippen LogP contribution in [-0.4, -0.2) is 16.8 Å². The topological polar surface area (TPSA) is 120 Å². The van der Waals surface area contributed by atoms with Gasteiger partial charge < -0.3 is 21.5 Å². The summed E-state index contributed by atoms with van der Waals surface area (Å²) in [6.45, 7) is 0.505. The third kappa shape index (κ3) is 6.53. The third-order valence-electron chi connectivity index (χ3n) is 5.39. The van der Waals surface area contributed by atoms with Crippen LogP contribution in [0.1, 0.15) is 44.3 Å². The van der Waals surface area contributed by atoms with E-state index in [0.717, 1.165) is 16.9 Å². The van der Waals surface area contributed by atoms with Crippen molar-refractivity contribution in [2.45, 2.75) is 25.1 Å². The maximum absolute atomic E-state index is 12.7. The van der Waals surface area contributed by atoms with Gasteiger partial charge in [-0.2, -0.15) is 0 Å². The number of nitrogens with zero attached hydrogens (tertiary/aromatic N) is 1. The van der Waals surface area contributed by atoms with Gasteiger partial charge >= 0.3 is 0 Å². The SMILES string of the molecule is NC(=O)C(NC(=O)c1csc(C(N)Cc2ccc(OCc3ccccc3)cc2)n1)c1ccccc1.